The Morgan fingerprint density at radius 2 is 2.06 bits per heavy atom. The summed E-state index contributed by atoms with van der Waals surface area (Å²) in [5.74, 6) is -1.09. The number of anilines is 2. The van der Waals surface area contributed by atoms with E-state index in [1.807, 2.05) is 4.90 Å². The number of carbonyl (C=O) groups is 1. The van der Waals surface area contributed by atoms with Gasteiger partial charge in [0.1, 0.15) is 22.4 Å². The Hall–Kier alpha value is -3.12. The summed E-state index contributed by atoms with van der Waals surface area (Å²) in [6.07, 6.45) is 4.76. The maximum absolute atomic E-state index is 14.9. The lowest BCUT2D eigenvalue weighted by Gasteiger charge is -2.32. The number of pyridine rings is 1. The average molecular weight is 479 g/mol. The molecule has 0 bridgehead atoms. The number of aromatic carboxylic acids is 1. The Morgan fingerprint density at radius 3 is 2.73 bits per heavy atom. The van der Waals surface area contributed by atoms with E-state index in [4.69, 9.17) is 0 Å². The maximum atomic E-state index is 14.9. The number of carboxylic acids is 1. The van der Waals surface area contributed by atoms with Crippen LogP contribution in [0.2, 0.25) is 0 Å². The zero-order valence-corrected chi connectivity index (χ0v) is 18.6. The molecular formula is C21H24F2N6O3S. The first kappa shape index (κ1) is 23.1. The number of thiazole rings is 1. The highest BCUT2D eigenvalue weighted by molar-refractivity contribution is 7.17. The number of halogens is 2. The van der Waals surface area contributed by atoms with Gasteiger partial charge in [-0.1, -0.05) is 0 Å². The van der Waals surface area contributed by atoms with Crippen LogP contribution >= 0.6 is 11.3 Å². The van der Waals surface area contributed by atoms with E-state index < -0.39 is 18.6 Å². The molecule has 1 aliphatic rings. The number of aliphatic hydroxyl groups excluding tert-OH is 1. The summed E-state index contributed by atoms with van der Waals surface area (Å²) >= 11 is 0.886. The summed E-state index contributed by atoms with van der Waals surface area (Å²) in [6.45, 7) is 1.21. The van der Waals surface area contributed by atoms with Gasteiger partial charge in [-0.15, -0.1) is 11.3 Å². The van der Waals surface area contributed by atoms with Crippen molar-refractivity contribution in [2.75, 3.05) is 36.6 Å². The number of rotatable bonds is 9. The first-order chi connectivity index (χ1) is 16.0. The molecule has 0 aromatic carbocycles. The van der Waals surface area contributed by atoms with E-state index in [0.717, 1.165) is 24.2 Å². The number of aryl methyl sites for hydroxylation is 1. The van der Waals surface area contributed by atoms with Crippen molar-refractivity contribution >= 4 is 28.8 Å². The fourth-order valence-electron chi connectivity index (χ4n) is 3.71. The molecule has 4 heterocycles. The number of nitrogens with one attached hydrogen (secondary N) is 1. The molecule has 12 heteroatoms. The highest BCUT2D eigenvalue weighted by Gasteiger charge is 2.23. The van der Waals surface area contributed by atoms with Gasteiger partial charge in [0.05, 0.1) is 36.2 Å². The molecule has 4 rings (SSSR count). The number of aromatic nitrogens is 4. The molecule has 0 spiro atoms. The van der Waals surface area contributed by atoms with Crippen molar-refractivity contribution in [3.8, 4) is 10.6 Å². The van der Waals surface area contributed by atoms with Crippen LogP contribution < -0.4 is 10.2 Å². The summed E-state index contributed by atoms with van der Waals surface area (Å²) < 4.78 is 28.8. The number of piperidine rings is 1. The minimum Gasteiger partial charge on any atom is -0.477 e. The third-order valence-corrected chi connectivity index (χ3v) is 6.68. The van der Waals surface area contributed by atoms with Crippen LogP contribution in [0.1, 0.15) is 28.2 Å². The summed E-state index contributed by atoms with van der Waals surface area (Å²) in [5, 5.41) is 26.1. The van der Waals surface area contributed by atoms with Crippen LogP contribution in [0.15, 0.2) is 24.5 Å². The number of carboxylic acid groups (broad SMARTS) is 1. The lowest BCUT2D eigenvalue weighted by molar-refractivity contribution is 0.0701. The van der Waals surface area contributed by atoms with Crippen LogP contribution in [0.3, 0.4) is 0 Å². The van der Waals surface area contributed by atoms with Crippen LogP contribution in [0.25, 0.3) is 10.6 Å². The quantitative estimate of drug-likeness (QED) is 0.402. The van der Waals surface area contributed by atoms with Crippen LogP contribution in [0, 0.1) is 11.9 Å². The van der Waals surface area contributed by atoms with E-state index in [-0.39, 0.29) is 46.8 Å². The fraction of sp³-hybridized carbons (Fsp3) is 0.429. The molecule has 0 atom stereocenters. The Bertz CT molecular complexity index is 1110. The van der Waals surface area contributed by atoms with Crippen LogP contribution in [-0.2, 0) is 13.1 Å². The molecule has 1 saturated heterocycles. The van der Waals surface area contributed by atoms with Crippen molar-refractivity contribution < 1.29 is 23.8 Å². The molecule has 33 heavy (non-hydrogen) atoms. The van der Waals surface area contributed by atoms with Crippen molar-refractivity contribution in [1.29, 1.82) is 0 Å². The van der Waals surface area contributed by atoms with Crippen molar-refractivity contribution in [1.82, 2.24) is 19.7 Å². The summed E-state index contributed by atoms with van der Waals surface area (Å²) in [4.78, 5) is 22.1. The van der Waals surface area contributed by atoms with E-state index >= 15 is 0 Å². The third-order valence-electron chi connectivity index (χ3n) is 5.56. The number of aliphatic hydroxyl groups is 1. The molecule has 3 aromatic heterocycles. The lowest BCUT2D eigenvalue weighted by atomic mass is 9.98. The van der Waals surface area contributed by atoms with Gasteiger partial charge in [0.25, 0.3) is 0 Å². The number of hydrogen-bond acceptors (Lipinski definition) is 8. The van der Waals surface area contributed by atoms with Gasteiger partial charge in [0, 0.05) is 25.9 Å². The molecule has 0 unspecified atom stereocenters. The molecule has 9 nitrogen and oxygen atoms in total. The Kier molecular flexibility index (Phi) is 7.14. The van der Waals surface area contributed by atoms with E-state index in [1.165, 1.54) is 10.9 Å². The van der Waals surface area contributed by atoms with Gasteiger partial charge >= 0.3 is 5.97 Å². The smallest absolute Gasteiger partial charge is 0.347 e. The maximum Gasteiger partial charge on any atom is 0.347 e. The molecule has 3 N–H and O–H groups in total. The van der Waals surface area contributed by atoms with Gasteiger partial charge in [-0.05, 0) is 30.9 Å². The zero-order chi connectivity index (χ0) is 23.4. The number of nitrogens with zero attached hydrogens (tertiary/aromatic N) is 5. The highest BCUT2D eigenvalue weighted by atomic mass is 32.1. The molecular weight excluding hydrogens is 454 g/mol. The summed E-state index contributed by atoms with van der Waals surface area (Å²) in [6, 6.07) is 3.27. The van der Waals surface area contributed by atoms with E-state index in [1.54, 1.807) is 18.3 Å². The predicted molar refractivity (Wildman–Crippen MR) is 120 cm³/mol. The van der Waals surface area contributed by atoms with Gasteiger partial charge < -0.3 is 20.4 Å². The topological polar surface area (TPSA) is 116 Å². The minimum absolute atomic E-state index is 0.00297. The Labute approximate surface area is 192 Å². The normalized spacial score (nSPS) is 14.6. The van der Waals surface area contributed by atoms with E-state index in [9.17, 15) is 23.8 Å². The van der Waals surface area contributed by atoms with Crippen LogP contribution in [-0.4, -0.2) is 62.3 Å². The van der Waals surface area contributed by atoms with Crippen molar-refractivity contribution in [3.05, 3.63) is 41.0 Å². The summed E-state index contributed by atoms with van der Waals surface area (Å²) in [5.41, 5.74) is 0.991. The van der Waals surface area contributed by atoms with Crippen molar-refractivity contribution in [2.45, 2.75) is 25.9 Å². The van der Waals surface area contributed by atoms with E-state index in [2.05, 4.69) is 20.4 Å². The molecule has 0 saturated carbocycles. The molecule has 0 amide bonds. The second kappa shape index (κ2) is 10.2. The SMILES string of the molecule is O=C(O)c1sc(-c2ccc(N3CCC(CO)CC3)nc2F)nc1CNc1cnn(CCF)c1. The average Bonchev–Trinajstić information content (AvgIpc) is 3.45. The first-order valence-corrected chi connectivity index (χ1v) is 11.4. The Morgan fingerprint density at radius 1 is 1.27 bits per heavy atom. The zero-order valence-electron chi connectivity index (χ0n) is 17.7. The summed E-state index contributed by atoms with van der Waals surface area (Å²) in [7, 11) is 0. The first-order valence-electron chi connectivity index (χ1n) is 10.6. The minimum atomic E-state index is -1.15. The van der Waals surface area contributed by atoms with Crippen molar-refractivity contribution in [2.24, 2.45) is 5.92 Å². The van der Waals surface area contributed by atoms with Crippen LogP contribution in [0.4, 0.5) is 20.3 Å². The molecule has 0 aliphatic carbocycles. The fourth-order valence-corrected chi connectivity index (χ4v) is 4.64. The largest absolute Gasteiger partial charge is 0.477 e. The highest BCUT2D eigenvalue weighted by Crippen LogP contribution is 2.32. The molecule has 1 fully saturated rings. The van der Waals surface area contributed by atoms with Gasteiger partial charge in [-0.2, -0.15) is 9.49 Å². The molecule has 3 aromatic rings. The second-order valence-electron chi connectivity index (χ2n) is 7.76. The number of hydrogen-bond donors (Lipinski definition) is 3. The number of alkyl halides is 1. The van der Waals surface area contributed by atoms with Gasteiger partial charge in [0.2, 0.25) is 5.95 Å². The lowest BCUT2D eigenvalue weighted by Crippen LogP contribution is -2.35. The monoisotopic (exact) mass is 478 g/mol. The van der Waals surface area contributed by atoms with Gasteiger partial charge in [0.15, 0.2) is 0 Å². The Balaban J connectivity index is 1.50. The predicted octanol–water partition coefficient (Wildman–Crippen LogP) is 3.03. The molecule has 0 radical (unpaired) electrons. The molecule has 1 aliphatic heterocycles. The van der Waals surface area contributed by atoms with Crippen LogP contribution in [0.5, 0.6) is 0 Å². The third kappa shape index (κ3) is 5.28. The second-order valence-corrected chi connectivity index (χ2v) is 8.75. The molecule has 176 valence electrons. The van der Waals surface area contributed by atoms with Crippen molar-refractivity contribution in [3.63, 3.8) is 0 Å². The van der Waals surface area contributed by atoms with Gasteiger partial charge in [-0.25, -0.2) is 19.2 Å². The van der Waals surface area contributed by atoms with E-state index in [0.29, 0.717) is 24.6 Å². The standard InChI is InChI=1S/C21H24F2N6O3S/c22-5-8-29-11-14(9-25-29)24-10-16-18(21(31)32)33-20(26-16)15-1-2-17(27-19(15)23)28-6-3-13(12-30)4-7-28/h1-2,9,11,13,24,30H,3-8,10,12H2,(H,31,32). The van der Waals surface area contributed by atoms with Gasteiger partial charge in [-0.3, -0.25) is 4.68 Å².